The van der Waals surface area contributed by atoms with Crippen molar-refractivity contribution >= 4 is 54.6 Å². The average molecular weight is 465 g/mol. The first-order valence-electron chi connectivity index (χ1n) is 9.54. The molecule has 3 aromatic rings. The van der Waals surface area contributed by atoms with Crippen LogP contribution in [0.1, 0.15) is 12.0 Å². The summed E-state index contributed by atoms with van der Waals surface area (Å²) in [4.78, 5) is 25.0. The number of aryl methyl sites for hydroxylation is 1. The molecule has 7 nitrogen and oxygen atoms in total. The number of piperazine rings is 1. The lowest BCUT2D eigenvalue weighted by molar-refractivity contribution is -0.131. The van der Waals surface area contributed by atoms with Gasteiger partial charge in [0.25, 0.3) is 0 Å². The van der Waals surface area contributed by atoms with Gasteiger partial charge in [-0.1, -0.05) is 17.7 Å². The quantitative estimate of drug-likeness (QED) is 0.576. The zero-order chi connectivity index (χ0) is 21.3. The fourth-order valence-electron chi connectivity index (χ4n) is 3.70. The molecule has 158 valence electrons. The molecule has 1 aromatic carbocycles. The fraction of sp³-hybridized carbons (Fsp3) is 0.350. The third kappa shape index (κ3) is 4.14. The van der Waals surface area contributed by atoms with Gasteiger partial charge in [0.2, 0.25) is 5.91 Å². The molecule has 30 heavy (non-hydrogen) atoms. The summed E-state index contributed by atoms with van der Waals surface area (Å²) in [7, 11) is -3.57. The molecule has 1 fully saturated rings. The molecule has 0 saturated carbocycles. The summed E-state index contributed by atoms with van der Waals surface area (Å²) in [6, 6.07) is 5.05. The zero-order valence-corrected chi connectivity index (χ0v) is 18.8. The maximum absolute atomic E-state index is 12.8. The number of benzene rings is 1. The maximum Gasteiger partial charge on any atom is 0.223 e. The standard InChI is InChI=1S/C20H21ClN4O3S2/c1-14-11-22-12-15(21)19(14)25-8-6-24(7-9-25)18(26)5-10-30(27,28)17-4-2-3-16-20(17)29-13-23-16/h2-4,11-13H,5-10H2,1H3. The molecule has 0 atom stereocenters. The van der Waals surface area contributed by atoms with Crippen LogP contribution in [0, 0.1) is 6.92 Å². The Morgan fingerprint density at radius 2 is 1.97 bits per heavy atom. The van der Waals surface area contributed by atoms with Crippen LogP contribution < -0.4 is 4.90 Å². The predicted octanol–water partition coefficient (Wildman–Crippen LogP) is 3.17. The number of rotatable bonds is 5. The van der Waals surface area contributed by atoms with Crippen LogP contribution in [0.5, 0.6) is 0 Å². The number of fused-ring (bicyclic) bond motifs is 1. The Hall–Kier alpha value is -2.23. The lowest BCUT2D eigenvalue weighted by Crippen LogP contribution is -2.49. The molecule has 4 rings (SSSR count). The van der Waals surface area contributed by atoms with Gasteiger partial charge in [-0.2, -0.15) is 0 Å². The number of pyridine rings is 1. The van der Waals surface area contributed by atoms with Gasteiger partial charge in [-0.25, -0.2) is 13.4 Å². The van der Waals surface area contributed by atoms with E-state index >= 15 is 0 Å². The highest BCUT2D eigenvalue weighted by Crippen LogP contribution is 2.30. The molecule has 3 heterocycles. The molecule has 10 heteroatoms. The van der Waals surface area contributed by atoms with Crippen LogP contribution in [0.4, 0.5) is 5.69 Å². The van der Waals surface area contributed by atoms with E-state index in [0.717, 1.165) is 11.3 Å². The van der Waals surface area contributed by atoms with E-state index < -0.39 is 9.84 Å². The molecule has 0 unspecified atom stereocenters. The molecular formula is C20H21ClN4O3S2. The Balaban J connectivity index is 1.38. The second kappa shape index (κ2) is 8.49. The van der Waals surface area contributed by atoms with Crippen molar-refractivity contribution in [3.05, 3.63) is 46.7 Å². The minimum atomic E-state index is -3.57. The monoisotopic (exact) mass is 464 g/mol. The zero-order valence-electron chi connectivity index (χ0n) is 16.4. The van der Waals surface area contributed by atoms with Crippen LogP contribution in [-0.2, 0) is 14.6 Å². The molecule has 0 N–H and O–H groups in total. The van der Waals surface area contributed by atoms with E-state index in [4.69, 9.17) is 11.6 Å². The molecule has 1 saturated heterocycles. The SMILES string of the molecule is Cc1cncc(Cl)c1N1CCN(C(=O)CCS(=O)(=O)c2cccc3ncsc23)CC1. The largest absolute Gasteiger partial charge is 0.366 e. The first-order chi connectivity index (χ1) is 14.4. The van der Waals surface area contributed by atoms with Crippen LogP contribution in [0.2, 0.25) is 5.02 Å². The van der Waals surface area contributed by atoms with Crippen LogP contribution in [-0.4, -0.2) is 61.1 Å². The van der Waals surface area contributed by atoms with E-state index in [1.165, 1.54) is 11.3 Å². The minimum absolute atomic E-state index is 0.0352. The summed E-state index contributed by atoms with van der Waals surface area (Å²) < 4.78 is 26.3. The van der Waals surface area contributed by atoms with Gasteiger partial charge >= 0.3 is 0 Å². The minimum Gasteiger partial charge on any atom is -0.366 e. The van der Waals surface area contributed by atoms with Gasteiger partial charge in [0, 0.05) is 45.0 Å². The van der Waals surface area contributed by atoms with Crippen molar-refractivity contribution in [3.8, 4) is 0 Å². The number of halogens is 1. The number of anilines is 1. The lowest BCUT2D eigenvalue weighted by atomic mass is 10.2. The summed E-state index contributed by atoms with van der Waals surface area (Å²) in [6.07, 6.45) is 3.36. The Morgan fingerprint density at radius 3 is 2.70 bits per heavy atom. The van der Waals surface area contributed by atoms with Crippen LogP contribution in [0.25, 0.3) is 10.2 Å². The third-order valence-corrected chi connectivity index (χ3v) is 8.28. The van der Waals surface area contributed by atoms with Gasteiger partial charge in [-0.05, 0) is 24.6 Å². The van der Waals surface area contributed by atoms with Gasteiger partial charge < -0.3 is 9.80 Å². The predicted molar refractivity (Wildman–Crippen MR) is 119 cm³/mol. The summed E-state index contributed by atoms with van der Waals surface area (Å²) in [5.41, 5.74) is 4.23. The van der Waals surface area contributed by atoms with Gasteiger partial charge in [0.15, 0.2) is 9.84 Å². The number of carbonyl (C=O) groups excluding carboxylic acids is 1. The van der Waals surface area contributed by atoms with Crippen molar-refractivity contribution in [2.75, 3.05) is 36.8 Å². The van der Waals surface area contributed by atoms with Gasteiger partial charge in [-0.3, -0.25) is 9.78 Å². The van der Waals surface area contributed by atoms with Crippen molar-refractivity contribution in [1.29, 1.82) is 0 Å². The highest BCUT2D eigenvalue weighted by molar-refractivity contribution is 7.91. The molecule has 1 aliphatic rings. The van der Waals surface area contributed by atoms with E-state index in [1.807, 2.05) is 6.92 Å². The molecule has 0 bridgehead atoms. The van der Waals surface area contributed by atoms with E-state index in [2.05, 4.69) is 14.9 Å². The summed E-state index contributed by atoms with van der Waals surface area (Å²) in [5.74, 6) is -0.356. The Kier molecular flexibility index (Phi) is 5.95. The molecular weight excluding hydrogens is 444 g/mol. The van der Waals surface area contributed by atoms with Gasteiger partial charge in [0.1, 0.15) is 0 Å². The van der Waals surface area contributed by atoms with Crippen LogP contribution in [0.3, 0.4) is 0 Å². The molecule has 2 aromatic heterocycles. The van der Waals surface area contributed by atoms with Crippen molar-refractivity contribution in [2.45, 2.75) is 18.2 Å². The molecule has 0 aliphatic carbocycles. The summed E-state index contributed by atoms with van der Waals surface area (Å²) in [6.45, 7) is 4.30. The number of nitrogens with zero attached hydrogens (tertiary/aromatic N) is 4. The van der Waals surface area contributed by atoms with Crippen molar-refractivity contribution < 1.29 is 13.2 Å². The molecule has 1 amide bonds. The van der Waals surface area contributed by atoms with Crippen molar-refractivity contribution in [2.24, 2.45) is 0 Å². The number of hydrogen-bond acceptors (Lipinski definition) is 7. The van der Waals surface area contributed by atoms with E-state index in [1.54, 1.807) is 41.0 Å². The number of aromatic nitrogens is 2. The summed E-state index contributed by atoms with van der Waals surface area (Å²) in [5, 5.41) is 0.595. The van der Waals surface area contributed by atoms with Crippen molar-refractivity contribution in [3.63, 3.8) is 0 Å². The second-order valence-electron chi connectivity index (χ2n) is 7.18. The van der Waals surface area contributed by atoms with Gasteiger partial charge in [-0.15, -0.1) is 11.3 Å². The van der Waals surface area contributed by atoms with E-state index in [9.17, 15) is 13.2 Å². The number of thiazole rings is 1. The Labute approximate surface area is 184 Å². The smallest absolute Gasteiger partial charge is 0.223 e. The number of sulfone groups is 1. The van der Waals surface area contributed by atoms with Crippen molar-refractivity contribution in [1.82, 2.24) is 14.9 Å². The first-order valence-corrected chi connectivity index (χ1v) is 12.5. The summed E-state index contributed by atoms with van der Waals surface area (Å²) >= 11 is 7.60. The van der Waals surface area contributed by atoms with E-state index in [-0.39, 0.29) is 23.0 Å². The Bertz CT molecular complexity index is 1170. The number of carbonyl (C=O) groups is 1. The lowest BCUT2D eigenvalue weighted by Gasteiger charge is -2.37. The maximum atomic E-state index is 12.8. The number of amides is 1. The average Bonchev–Trinajstić information content (AvgIpc) is 3.21. The fourth-order valence-corrected chi connectivity index (χ4v) is 6.58. The molecule has 0 radical (unpaired) electrons. The van der Waals surface area contributed by atoms with Crippen LogP contribution in [0.15, 0.2) is 41.0 Å². The number of hydrogen-bond donors (Lipinski definition) is 0. The third-order valence-electron chi connectivity index (χ3n) is 5.24. The normalized spacial score (nSPS) is 15.0. The molecule has 1 aliphatic heterocycles. The first kappa shape index (κ1) is 21.0. The van der Waals surface area contributed by atoms with E-state index in [0.29, 0.717) is 41.4 Å². The second-order valence-corrected chi connectivity index (χ2v) is 10.5. The highest BCUT2D eigenvalue weighted by atomic mass is 35.5. The molecule has 0 spiro atoms. The highest BCUT2D eigenvalue weighted by Gasteiger charge is 2.26. The van der Waals surface area contributed by atoms with Crippen LogP contribution >= 0.6 is 22.9 Å². The topological polar surface area (TPSA) is 83.5 Å². The Morgan fingerprint density at radius 1 is 1.20 bits per heavy atom. The van der Waals surface area contributed by atoms with Gasteiger partial charge in [0.05, 0.1) is 37.1 Å².